The molecule has 2 nitrogen and oxygen atoms in total. The van der Waals surface area contributed by atoms with Gasteiger partial charge in [-0.25, -0.2) is 4.39 Å². The van der Waals surface area contributed by atoms with Crippen LogP contribution in [0.2, 0.25) is 0 Å². The fraction of sp³-hybridized carbons (Fsp3) is 0.200. The smallest absolute Gasteiger partial charge is 0.148 e. The van der Waals surface area contributed by atoms with Crippen molar-refractivity contribution in [1.82, 2.24) is 0 Å². The van der Waals surface area contributed by atoms with Crippen molar-refractivity contribution in [3.05, 3.63) is 59.9 Å². The van der Waals surface area contributed by atoms with E-state index in [1.54, 1.807) is 6.07 Å². The third-order valence-corrected chi connectivity index (χ3v) is 3.41. The molecule has 92 valence electrons. The van der Waals surface area contributed by atoms with Crippen LogP contribution in [-0.4, -0.2) is 6.04 Å². The van der Waals surface area contributed by atoms with Crippen molar-refractivity contribution in [2.24, 2.45) is 0 Å². The Labute approximate surface area is 106 Å². The van der Waals surface area contributed by atoms with Crippen LogP contribution in [0.3, 0.4) is 0 Å². The van der Waals surface area contributed by atoms with Gasteiger partial charge < -0.3 is 11.1 Å². The predicted molar refractivity (Wildman–Crippen MR) is 72.0 cm³/mol. The number of halogens is 1. The van der Waals surface area contributed by atoms with Crippen LogP contribution in [0.25, 0.3) is 0 Å². The molecule has 3 heteroatoms. The van der Waals surface area contributed by atoms with Gasteiger partial charge in [0.05, 0.1) is 11.4 Å². The molecule has 0 aromatic heterocycles. The Balaban J connectivity index is 1.71. The van der Waals surface area contributed by atoms with Crippen LogP contribution in [0.5, 0.6) is 0 Å². The van der Waals surface area contributed by atoms with Crippen LogP contribution in [-0.2, 0) is 0 Å². The highest BCUT2D eigenvalue weighted by molar-refractivity contribution is 5.67. The normalized spacial score (nSPS) is 21.6. The SMILES string of the molecule is Nc1c(F)cccc1NC1CC1c1ccccc1. The maximum atomic E-state index is 13.3. The van der Waals surface area contributed by atoms with Crippen molar-refractivity contribution in [2.75, 3.05) is 11.1 Å². The second kappa shape index (κ2) is 4.33. The lowest BCUT2D eigenvalue weighted by Gasteiger charge is -2.09. The van der Waals surface area contributed by atoms with Gasteiger partial charge in [0.25, 0.3) is 0 Å². The Morgan fingerprint density at radius 3 is 2.61 bits per heavy atom. The van der Waals surface area contributed by atoms with E-state index in [0.29, 0.717) is 17.6 Å². The lowest BCUT2D eigenvalue weighted by atomic mass is 10.1. The summed E-state index contributed by atoms with van der Waals surface area (Å²) in [7, 11) is 0. The molecule has 18 heavy (non-hydrogen) atoms. The average Bonchev–Trinajstić information content (AvgIpc) is 3.15. The summed E-state index contributed by atoms with van der Waals surface area (Å²) in [5, 5.41) is 3.31. The number of hydrogen-bond donors (Lipinski definition) is 2. The van der Waals surface area contributed by atoms with Crippen LogP contribution in [0.1, 0.15) is 17.9 Å². The standard InChI is InChI=1S/C15H15FN2/c16-12-7-4-8-13(15(12)17)18-14-9-11(14)10-5-2-1-3-6-10/h1-8,11,14,18H,9,17H2. The van der Waals surface area contributed by atoms with Gasteiger partial charge in [0.15, 0.2) is 0 Å². The van der Waals surface area contributed by atoms with Gasteiger partial charge in [0.1, 0.15) is 5.82 Å². The third-order valence-electron chi connectivity index (χ3n) is 3.41. The minimum Gasteiger partial charge on any atom is -0.395 e. The minimum atomic E-state index is -0.364. The second-order valence-corrected chi connectivity index (χ2v) is 4.70. The summed E-state index contributed by atoms with van der Waals surface area (Å²) >= 11 is 0. The maximum Gasteiger partial charge on any atom is 0.148 e. The van der Waals surface area contributed by atoms with Gasteiger partial charge in [-0.3, -0.25) is 0 Å². The fourth-order valence-electron chi connectivity index (χ4n) is 2.29. The highest BCUT2D eigenvalue weighted by Gasteiger charge is 2.38. The van der Waals surface area contributed by atoms with Crippen LogP contribution in [0.15, 0.2) is 48.5 Å². The number of para-hydroxylation sites is 1. The van der Waals surface area contributed by atoms with Gasteiger partial charge in [-0.1, -0.05) is 36.4 Å². The first-order valence-electron chi connectivity index (χ1n) is 6.11. The van der Waals surface area contributed by atoms with E-state index in [2.05, 4.69) is 17.4 Å². The largest absolute Gasteiger partial charge is 0.395 e. The van der Waals surface area contributed by atoms with Gasteiger partial charge in [-0.05, 0) is 24.1 Å². The van der Waals surface area contributed by atoms with E-state index in [9.17, 15) is 4.39 Å². The molecular formula is C15H15FN2. The Bertz CT molecular complexity index is 554. The zero-order valence-electron chi connectivity index (χ0n) is 9.94. The lowest BCUT2D eigenvalue weighted by Crippen LogP contribution is -2.07. The molecule has 2 aromatic carbocycles. The second-order valence-electron chi connectivity index (χ2n) is 4.70. The van der Waals surface area contributed by atoms with Crippen LogP contribution >= 0.6 is 0 Å². The molecule has 1 aliphatic rings. The summed E-state index contributed by atoms with van der Waals surface area (Å²) in [6.45, 7) is 0. The van der Waals surface area contributed by atoms with Crippen molar-refractivity contribution in [2.45, 2.75) is 18.4 Å². The molecule has 0 saturated heterocycles. The number of hydrogen-bond acceptors (Lipinski definition) is 2. The zero-order valence-corrected chi connectivity index (χ0v) is 9.94. The Hall–Kier alpha value is -2.03. The summed E-state index contributed by atoms with van der Waals surface area (Å²) in [6.07, 6.45) is 1.07. The molecule has 1 saturated carbocycles. The molecule has 3 rings (SSSR count). The van der Waals surface area contributed by atoms with Crippen molar-refractivity contribution in [3.63, 3.8) is 0 Å². The minimum absolute atomic E-state index is 0.205. The first kappa shape index (κ1) is 11.1. The van der Waals surface area contributed by atoms with E-state index in [-0.39, 0.29) is 11.5 Å². The maximum absolute atomic E-state index is 13.3. The number of rotatable bonds is 3. The number of nitrogens with two attached hydrogens (primary N) is 1. The average molecular weight is 242 g/mol. The molecule has 3 N–H and O–H groups in total. The zero-order chi connectivity index (χ0) is 12.5. The molecule has 0 aliphatic heterocycles. The summed E-state index contributed by atoms with van der Waals surface area (Å²) in [5.41, 5.74) is 7.93. The number of nitrogens with one attached hydrogen (secondary N) is 1. The van der Waals surface area contributed by atoms with E-state index in [0.717, 1.165) is 6.42 Å². The fourth-order valence-corrected chi connectivity index (χ4v) is 2.29. The molecule has 0 amide bonds. The Morgan fingerprint density at radius 1 is 1.06 bits per heavy atom. The highest BCUT2D eigenvalue weighted by Crippen LogP contribution is 2.43. The van der Waals surface area contributed by atoms with Gasteiger partial charge in [-0.15, -0.1) is 0 Å². The Morgan fingerprint density at radius 2 is 1.83 bits per heavy atom. The van der Waals surface area contributed by atoms with Crippen LogP contribution in [0.4, 0.5) is 15.8 Å². The van der Waals surface area contributed by atoms with Gasteiger partial charge in [0, 0.05) is 12.0 Å². The van der Waals surface area contributed by atoms with Crippen LogP contribution < -0.4 is 11.1 Å². The van der Waals surface area contributed by atoms with Gasteiger partial charge in [0.2, 0.25) is 0 Å². The molecule has 0 bridgehead atoms. The van der Waals surface area contributed by atoms with E-state index >= 15 is 0 Å². The molecule has 0 heterocycles. The molecular weight excluding hydrogens is 227 g/mol. The van der Waals surface area contributed by atoms with E-state index in [1.807, 2.05) is 24.3 Å². The van der Waals surface area contributed by atoms with Crippen molar-refractivity contribution < 1.29 is 4.39 Å². The monoisotopic (exact) mass is 242 g/mol. The first-order valence-corrected chi connectivity index (χ1v) is 6.11. The number of benzene rings is 2. The summed E-state index contributed by atoms with van der Waals surface area (Å²) in [5.74, 6) is 0.144. The Kier molecular flexibility index (Phi) is 2.67. The molecule has 1 aliphatic carbocycles. The van der Waals surface area contributed by atoms with Crippen molar-refractivity contribution >= 4 is 11.4 Å². The molecule has 2 aromatic rings. The molecule has 2 unspecified atom stereocenters. The van der Waals surface area contributed by atoms with E-state index < -0.39 is 0 Å². The third kappa shape index (κ3) is 2.04. The van der Waals surface area contributed by atoms with E-state index in [4.69, 9.17) is 5.73 Å². The first-order chi connectivity index (χ1) is 8.75. The highest BCUT2D eigenvalue weighted by atomic mass is 19.1. The number of nitrogen functional groups attached to an aromatic ring is 1. The molecule has 0 radical (unpaired) electrons. The molecule has 0 spiro atoms. The van der Waals surface area contributed by atoms with Crippen LogP contribution in [0, 0.1) is 5.82 Å². The topological polar surface area (TPSA) is 38.0 Å². The summed E-state index contributed by atoms with van der Waals surface area (Å²) in [6, 6.07) is 15.6. The number of anilines is 2. The summed E-state index contributed by atoms with van der Waals surface area (Å²) in [4.78, 5) is 0. The summed E-state index contributed by atoms with van der Waals surface area (Å²) < 4.78 is 13.3. The molecule has 2 atom stereocenters. The quantitative estimate of drug-likeness (QED) is 0.810. The van der Waals surface area contributed by atoms with Crippen molar-refractivity contribution in [1.29, 1.82) is 0 Å². The van der Waals surface area contributed by atoms with E-state index in [1.165, 1.54) is 11.6 Å². The molecule has 1 fully saturated rings. The van der Waals surface area contributed by atoms with Crippen molar-refractivity contribution in [3.8, 4) is 0 Å². The van der Waals surface area contributed by atoms with Gasteiger partial charge >= 0.3 is 0 Å². The predicted octanol–water partition coefficient (Wildman–Crippen LogP) is 3.38. The lowest BCUT2D eigenvalue weighted by molar-refractivity contribution is 0.633. The van der Waals surface area contributed by atoms with Gasteiger partial charge in [-0.2, -0.15) is 0 Å².